The smallest absolute Gasteiger partial charge is 0.243 e. The first kappa shape index (κ1) is 14.8. The van der Waals surface area contributed by atoms with Gasteiger partial charge in [-0.1, -0.05) is 0 Å². The monoisotopic (exact) mass is 297 g/mol. The molecule has 1 aromatic carbocycles. The molecule has 20 heavy (non-hydrogen) atoms. The SMILES string of the molecule is Cc1cc(N)cc(C)c1S(=O)(=O)N1CCC(C(N)=O)C1. The second-order valence-corrected chi connectivity index (χ2v) is 7.11. The Bertz CT molecular complexity index is 632. The van der Waals surface area contributed by atoms with E-state index in [1.54, 1.807) is 26.0 Å². The van der Waals surface area contributed by atoms with E-state index in [9.17, 15) is 13.2 Å². The van der Waals surface area contributed by atoms with E-state index in [0.717, 1.165) is 0 Å². The molecule has 7 heteroatoms. The van der Waals surface area contributed by atoms with E-state index < -0.39 is 21.8 Å². The molecule has 1 aromatic rings. The van der Waals surface area contributed by atoms with Crippen LogP contribution >= 0.6 is 0 Å². The first-order valence-corrected chi connectivity index (χ1v) is 7.83. The van der Waals surface area contributed by atoms with E-state index >= 15 is 0 Å². The molecule has 0 bridgehead atoms. The lowest BCUT2D eigenvalue weighted by molar-refractivity contribution is -0.121. The molecule has 1 aliphatic rings. The molecule has 6 nitrogen and oxygen atoms in total. The van der Waals surface area contributed by atoms with E-state index in [-0.39, 0.29) is 11.4 Å². The van der Waals surface area contributed by atoms with Crippen LogP contribution in [0.5, 0.6) is 0 Å². The van der Waals surface area contributed by atoms with Crippen molar-refractivity contribution in [3.8, 4) is 0 Å². The number of carbonyl (C=O) groups excluding carboxylic acids is 1. The van der Waals surface area contributed by atoms with Gasteiger partial charge in [-0.05, 0) is 43.5 Å². The van der Waals surface area contributed by atoms with Gasteiger partial charge in [0.1, 0.15) is 0 Å². The molecule has 110 valence electrons. The van der Waals surface area contributed by atoms with Gasteiger partial charge in [0.15, 0.2) is 0 Å². The van der Waals surface area contributed by atoms with Crippen LogP contribution < -0.4 is 11.5 Å². The van der Waals surface area contributed by atoms with E-state index in [1.807, 2.05) is 0 Å². The zero-order valence-electron chi connectivity index (χ0n) is 11.6. The Morgan fingerprint density at radius 3 is 2.30 bits per heavy atom. The summed E-state index contributed by atoms with van der Waals surface area (Å²) in [6.45, 7) is 3.91. The average molecular weight is 297 g/mol. The molecule has 1 amide bonds. The van der Waals surface area contributed by atoms with Crippen molar-refractivity contribution >= 4 is 21.6 Å². The van der Waals surface area contributed by atoms with Crippen LogP contribution in [0, 0.1) is 19.8 Å². The summed E-state index contributed by atoms with van der Waals surface area (Å²) < 4.78 is 26.7. The van der Waals surface area contributed by atoms with Crippen LogP contribution in [-0.2, 0) is 14.8 Å². The minimum absolute atomic E-state index is 0.154. The van der Waals surface area contributed by atoms with E-state index in [1.165, 1.54) is 4.31 Å². The van der Waals surface area contributed by atoms with Crippen molar-refractivity contribution in [3.63, 3.8) is 0 Å². The number of rotatable bonds is 3. The second kappa shape index (κ2) is 5.06. The van der Waals surface area contributed by atoms with Crippen molar-refractivity contribution in [2.45, 2.75) is 25.2 Å². The summed E-state index contributed by atoms with van der Waals surface area (Å²) in [4.78, 5) is 11.4. The van der Waals surface area contributed by atoms with Gasteiger partial charge < -0.3 is 11.5 Å². The molecule has 1 aliphatic heterocycles. The Kier molecular flexibility index (Phi) is 3.75. The molecule has 0 aliphatic carbocycles. The molecule has 1 fully saturated rings. The topological polar surface area (TPSA) is 106 Å². The summed E-state index contributed by atoms with van der Waals surface area (Å²) in [5, 5.41) is 0. The summed E-state index contributed by atoms with van der Waals surface area (Å²) in [5.74, 6) is -0.854. The maximum absolute atomic E-state index is 12.7. The first-order valence-electron chi connectivity index (χ1n) is 6.39. The fraction of sp³-hybridized carbons (Fsp3) is 0.462. The van der Waals surface area contributed by atoms with Crippen LogP contribution in [0.1, 0.15) is 17.5 Å². The number of carbonyl (C=O) groups is 1. The number of nitrogen functional groups attached to an aromatic ring is 1. The number of anilines is 1. The predicted molar refractivity (Wildman–Crippen MR) is 76.4 cm³/mol. The number of nitrogens with two attached hydrogens (primary N) is 2. The normalized spacial score (nSPS) is 20.2. The van der Waals surface area contributed by atoms with Gasteiger partial charge in [0.25, 0.3) is 0 Å². The molecule has 1 heterocycles. The molecule has 1 unspecified atom stereocenters. The maximum atomic E-state index is 12.7. The van der Waals surface area contributed by atoms with Crippen LogP contribution in [0.4, 0.5) is 5.69 Å². The number of hydrogen-bond acceptors (Lipinski definition) is 4. The summed E-state index contributed by atoms with van der Waals surface area (Å²) in [6.07, 6.45) is 0.474. The predicted octanol–water partition coefficient (Wildman–Crippen LogP) is 0.382. The van der Waals surface area contributed by atoms with Crippen molar-refractivity contribution < 1.29 is 13.2 Å². The largest absolute Gasteiger partial charge is 0.399 e. The molecule has 0 aromatic heterocycles. The highest BCUT2D eigenvalue weighted by molar-refractivity contribution is 7.89. The number of aryl methyl sites for hydroxylation is 2. The molecular weight excluding hydrogens is 278 g/mol. The van der Waals surface area contributed by atoms with Crippen molar-refractivity contribution in [2.75, 3.05) is 18.8 Å². The van der Waals surface area contributed by atoms with Crippen LogP contribution in [0.2, 0.25) is 0 Å². The standard InChI is InChI=1S/C13H19N3O3S/c1-8-5-11(14)6-9(2)12(8)20(18,19)16-4-3-10(7-16)13(15)17/h5-6,10H,3-4,7,14H2,1-2H3,(H2,15,17). The Hall–Kier alpha value is -1.60. The van der Waals surface area contributed by atoms with Gasteiger partial charge in [-0.25, -0.2) is 8.42 Å². The zero-order valence-corrected chi connectivity index (χ0v) is 12.4. The van der Waals surface area contributed by atoms with Crippen LogP contribution in [-0.4, -0.2) is 31.7 Å². The van der Waals surface area contributed by atoms with Gasteiger partial charge in [0.2, 0.25) is 15.9 Å². The Balaban J connectivity index is 2.40. The number of sulfonamides is 1. The minimum atomic E-state index is -3.61. The van der Waals surface area contributed by atoms with Crippen LogP contribution in [0.3, 0.4) is 0 Å². The van der Waals surface area contributed by atoms with Gasteiger partial charge in [-0.15, -0.1) is 0 Å². The number of amides is 1. The molecule has 2 rings (SSSR count). The lowest BCUT2D eigenvalue weighted by Crippen LogP contribution is -2.32. The van der Waals surface area contributed by atoms with Gasteiger partial charge >= 0.3 is 0 Å². The van der Waals surface area contributed by atoms with Crippen LogP contribution in [0.25, 0.3) is 0 Å². The van der Waals surface area contributed by atoms with Crippen molar-refractivity contribution in [2.24, 2.45) is 11.7 Å². The first-order chi connectivity index (χ1) is 9.23. The molecule has 4 N–H and O–H groups in total. The third kappa shape index (κ3) is 2.51. The number of hydrogen-bond donors (Lipinski definition) is 2. The summed E-state index contributed by atoms with van der Waals surface area (Å²) >= 11 is 0. The van der Waals surface area contributed by atoms with Gasteiger partial charge in [-0.3, -0.25) is 4.79 Å². The fourth-order valence-electron chi connectivity index (χ4n) is 2.70. The summed E-state index contributed by atoms with van der Waals surface area (Å²) in [7, 11) is -3.61. The molecule has 1 atom stereocenters. The third-order valence-corrected chi connectivity index (χ3v) is 5.81. The van der Waals surface area contributed by atoms with Gasteiger partial charge in [-0.2, -0.15) is 4.31 Å². The van der Waals surface area contributed by atoms with Gasteiger partial charge in [0, 0.05) is 18.8 Å². The van der Waals surface area contributed by atoms with E-state index in [4.69, 9.17) is 11.5 Å². The fourth-order valence-corrected chi connectivity index (χ4v) is 4.61. The number of primary amides is 1. The average Bonchev–Trinajstić information content (AvgIpc) is 2.76. The molecule has 0 radical (unpaired) electrons. The van der Waals surface area contributed by atoms with Crippen molar-refractivity contribution in [1.29, 1.82) is 0 Å². The summed E-state index contributed by atoms with van der Waals surface area (Å²) in [5.41, 5.74) is 12.7. The van der Waals surface area contributed by atoms with Gasteiger partial charge in [0.05, 0.1) is 10.8 Å². The number of nitrogens with zero attached hydrogens (tertiary/aromatic N) is 1. The minimum Gasteiger partial charge on any atom is -0.399 e. The lowest BCUT2D eigenvalue weighted by Gasteiger charge is -2.19. The molecular formula is C13H19N3O3S. The second-order valence-electron chi connectivity index (χ2n) is 5.23. The molecule has 0 spiro atoms. The maximum Gasteiger partial charge on any atom is 0.243 e. The highest BCUT2D eigenvalue weighted by Crippen LogP contribution is 2.29. The van der Waals surface area contributed by atoms with Crippen LogP contribution in [0.15, 0.2) is 17.0 Å². The summed E-state index contributed by atoms with van der Waals surface area (Å²) in [6, 6.07) is 3.28. The third-order valence-electron chi connectivity index (χ3n) is 3.63. The lowest BCUT2D eigenvalue weighted by atomic mass is 10.1. The highest BCUT2D eigenvalue weighted by Gasteiger charge is 2.36. The quantitative estimate of drug-likeness (QED) is 0.786. The Morgan fingerprint density at radius 2 is 1.85 bits per heavy atom. The number of benzene rings is 1. The Morgan fingerprint density at radius 1 is 1.30 bits per heavy atom. The molecule has 1 saturated heterocycles. The highest BCUT2D eigenvalue weighted by atomic mass is 32.2. The van der Waals surface area contributed by atoms with E-state index in [2.05, 4.69) is 0 Å². The van der Waals surface area contributed by atoms with Crippen molar-refractivity contribution in [1.82, 2.24) is 4.31 Å². The molecule has 0 saturated carbocycles. The zero-order chi connectivity index (χ0) is 15.1. The van der Waals surface area contributed by atoms with Crippen molar-refractivity contribution in [3.05, 3.63) is 23.3 Å². The Labute approximate surface area is 118 Å². The van der Waals surface area contributed by atoms with E-state index in [0.29, 0.717) is 29.8 Å².